The quantitative estimate of drug-likeness (QED) is 0.248. The number of carbonyl (C=O) groups excluding carboxylic acids is 1. The molecule has 1 aliphatic rings. The minimum absolute atomic E-state index is 0.278. The molecule has 0 amide bonds. The van der Waals surface area contributed by atoms with Gasteiger partial charge in [-0.15, -0.1) is 0 Å². The number of benzene rings is 2. The highest BCUT2D eigenvalue weighted by Crippen LogP contribution is 2.37. The zero-order valence-corrected chi connectivity index (χ0v) is 18.2. The monoisotopic (exact) mass is 392 g/mol. The summed E-state index contributed by atoms with van der Waals surface area (Å²) < 4.78 is 5.54. The number of hydrogen-bond acceptors (Lipinski definition) is 2. The molecular formula is C27H36O2. The Hall–Kier alpha value is -2.09. The molecule has 0 N–H and O–H groups in total. The summed E-state index contributed by atoms with van der Waals surface area (Å²) in [5.41, 5.74) is 3.27. The molecule has 156 valence electrons. The number of carbonyl (C=O) groups is 1. The van der Waals surface area contributed by atoms with Crippen LogP contribution in [0, 0.1) is 5.92 Å². The van der Waals surface area contributed by atoms with Crippen molar-refractivity contribution < 1.29 is 9.53 Å². The Morgan fingerprint density at radius 1 is 0.862 bits per heavy atom. The van der Waals surface area contributed by atoms with E-state index >= 15 is 0 Å². The van der Waals surface area contributed by atoms with Gasteiger partial charge in [0.15, 0.2) is 0 Å². The highest BCUT2D eigenvalue weighted by atomic mass is 16.5. The highest BCUT2D eigenvalue weighted by Gasteiger charge is 2.22. The summed E-state index contributed by atoms with van der Waals surface area (Å²) in [7, 11) is 0. The fraction of sp³-hybridized carbons (Fsp3) is 0.519. The molecule has 0 heterocycles. The summed E-state index contributed by atoms with van der Waals surface area (Å²) in [6.07, 6.45) is 12.9. The van der Waals surface area contributed by atoms with Gasteiger partial charge in [-0.25, -0.2) is 4.79 Å². The molecule has 0 aromatic heterocycles. The van der Waals surface area contributed by atoms with Crippen molar-refractivity contribution in [3.05, 3.63) is 65.2 Å². The third-order valence-corrected chi connectivity index (χ3v) is 6.35. The molecule has 2 aromatic carbocycles. The van der Waals surface area contributed by atoms with E-state index < -0.39 is 0 Å². The second kappa shape index (κ2) is 11.2. The van der Waals surface area contributed by atoms with Crippen molar-refractivity contribution in [1.82, 2.24) is 0 Å². The predicted octanol–water partition coefficient (Wildman–Crippen LogP) is 7.71. The van der Waals surface area contributed by atoms with E-state index in [2.05, 4.69) is 26.0 Å². The van der Waals surface area contributed by atoms with Gasteiger partial charge in [0, 0.05) is 0 Å². The van der Waals surface area contributed by atoms with Crippen LogP contribution >= 0.6 is 0 Å². The molecule has 2 heteroatoms. The lowest BCUT2D eigenvalue weighted by molar-refractivity contribution is 0.0734. The van der Waals surface area contributed by atoms with E-state index in [4.69, 9.17) is 4.74 Å². The molecule has 3 rings (SSSR count). The maximum absolute atomic E-state index is 12.5. The smallest absolute Gasteiger partial charge is 0.343 e. The normalized spacial score (nSPS) is 19.1. The van der Waals surface area contributed by atoms with Crippen molar-refractivity contribution in [3.63, 3.8) is 0 Å². The summed E-state index contributed by atoms with van der Waals surface area (Å²) in [4.78, 5) is 12.5. The maximum atomic E-state index is 12.5. The summed E-state index contributed by atoms with van der Waals surface area (Å²) >= 11 is 0. The van der Waals surface area contributed by atoms with Crippen molar-refractivity contribution in [2.45, 2.75) is 84.0 Å². The number of hydrogen-bond donors (Lipinski definition) is 0. The van der Waals surface area contributed by atoms with Gasteiger partial charge in [-0.3, -0.25) is 0 Å². The van der Waals surface area contributed by atoms with Crippen molar-refractivity contribution in [1.29, 1.82) is 0 Å². The standard InChI is InChI=1S/C27H36O2/c1-3-5-6-8-22-9-13-23(14-10-22)24-15-17-25(18-16-24)27(28)29-26-19-11-21(7-4-2)12-20-26/h11-12,15-20,22-23H,3-10,13-14H2,1-2H3. The first-order valence-corrected chi connectivity index (χ1v) is 11.6. The van der Waals surface area contributed by atoms with Crippen molar-refractivity contribution in [2.24, 2.45) is 5.92 Å². The second-order valence-corrected chi connectivity index (χ2v) is 8.62. The average Bonchev–Trinajstić information content (AvgIpc) is 2.76. The lowest BCUT2D eigenvalue weighted by Crippen LogP contribution is -2.14. The van der Waals surface area contributed by atoms with Crippen LogP contribution in [0.25, 0.3) is 0 Å². The largest absolute Gasteiger partial charge is 0.423 e. The first-order valence-electron chi connectivity index (χ1n) is 11.6. The lowest BCUT2D eigenvalue weighted by atomic mass is 9.77. The second-order valence-electron chi connectivity index (χ2n) is 8.62. The Labute approximate surface area is 176 Å². The van der Waals surface area contributed by atoms with Crippen LogP contribution < -0.4 is 4.74 Å². The predicted molar refractivity (Wildman–Crippen MR) is 121 cm³/mol. The molecule has 0 bridgehead atoms. The van der Waals surface area contributed by atoms with E-state index in [0.717, 1.165) is 18.8 Å². The Morgan fingerprint density at radius 2 is 1.55 bits per heavy atom. The molecule has 2 aromatic rings. The van der Waals surface area contributed by atoms with Gasteiger partial charge in [0.05, 0.1) is 5.56 Å². The van der Waals surface area contributed by atoms with E-state index in [1.165, 1.54) is 62.5 Å². The third-order valence-electron chi connectivity index (χ3n) is 6.35. The van der Waals surface area contributed by atoms with Crippen LogP contribution in [0.15, 0.2) is 48.5 Å². The number of aryl methyl sites for hydroxylation is 1. The Kier molecular flexibility index (Phi) is 8.34. The van der Waals surface area contributed by atoms with Crippen LogP contribution in [0.5, 0.6) is 5.75 Å². The van der Waals surface area contributed by atoms with Crippen molar-refractivity contribution in [3.8, 4) is 5.75 Å². The maximum Gasteiger partial charge on any atom is 0.343 e. The molecular weight excluding hydrogens is 356 g/mol. The van der Waals surface area contributed by atoms with Gasteiger partial charge >= 0.3 is 5.97 Å². The molecule has 0 atom stereocenters. The summed E-state index contributed by atoms with van der Waals surface area (Å²) in [6, 6.07) is 16.0. The first kappa shape index (κ1) is 21.6. The molecule has 29 heavy (non-hydrogen) atoms. The Morgan fingerprint density at radius 3 is 2.17 bits per heavy atom. The fourth-order valence-electron chi connectivity index (χ4n) is 4.54. The summed E-state index contributed by atoms with van der Waals surface area (Å²) in [5, 5.41) is 0. The molecule has 2 nitrogen and oxygen atoms in total. The van der Waals surface area contributed by atoms with Gasteiger partial charge in [-0.1, -0.05) is 70.2 Å². The van der Waals surface area contributed by atoms with Crippen LogP contribution in [0.1, 0.15) is 99.0 Å². The van der Waals surface area contributed by atoms with Crippen molar-refractivity contribution in [2.75, 3.05) is 0 Å². The molecule has 1 fully saturated rings. The van der Waals surface area contributed by atoms with Crippen LogP contribution in [0.4, 0.5) is 0 Å². The summed E-state index contributed by atoms with van der Waals surface area (Å²) in [6.45, 7) is 4.44. The topological polar surface area (TPSA) is 26.3 Å². The van der Waals surface area contributed by atoms with E-state index in [1.54, 1.807) is 0 Å². The fourth-order valence-corrected chi connectivity index (χ4v) is 4.54. The van der Waals surface area contributed by atoms with Crippen molar-refractivity contribution >= 4 is 5.97 Å². The minimum atomic E-state index is -0.278. The van der Waals surface area contributed by atoms with E-state index in [9.17, 15) is 4.79 Å². The van der Waals surface area contributed by atoms with Gasteiger partial charge in [0.25, 0.3) is 0 Å². The van der Waals surface area contributed by atoms with Crippen LogP contribution in [0.3, 0.4) is 0 Å². The van der Waals surface area contributed by atoms with Gasteiger partial charge in [-0.05, 0) is 79.3 Å². The minimum Gasteiger partial charge on any atom is -0.423 e. The zero-order chi connectivity index (χ0) is 20.5. The van der Waals surface area contributed by atoms with Gasteiger partial charge in [0.1, 0.15) is 5.75 Å². The van der Waals surface area contributed by atoms with E-state index in [-0.39, 0.29) is 5.97 Å². The molecule has 0 saturated heterocycles. The van der Waals surface area contributed by atoms with Gasteiger partial charge in [-0.2, -0.15) is 0 Å². The molecule has 0 radical (unpaired) electrons. The van der Waals surface area contributed by atoms with E-state index in [0.29, 0.717) is 17.2 Å². The van der Waals surface area contributed by atoms with Gasteiger partial charge < -0.3 is 4.74 Å². The molecule has 0 spiro atoms. The molecule has 0 aliphatic heterocycles. The first-order chi connectivity index (χ1) is 14.2. The molecule has 1 aliphatic carbocycles. The lowest BCUT2D eigenvalue weighted by Gasteiger charge is -2.29. The SMILES string of the molecule is CCCCCC1CCC(c2ccc(C(=O)Oc3ccc(CCC)cc3)cc2)CC1. The van der Waals surface area contributed by atoms with Crippen LogP contribution in [-0.2, 0) is 6.42 Å². The third kappa shape index (κ3) is 6.45. The highest BCUT2D eigenvalue weighted by molar-refractivity contribution is 5.91. The Bertz CT molecular complexity index is 737. The van der Waals surface area contributed by atoms with Crippen LogP contribution in [-0.4, -0.2) is 5.97 Å². The average molecular weight is 393 g/mol. The summed E-state index contributed by atoms with van der Waals surface area (Å²) in [5.74, 6) is 1.91. The number of ether oxygens (including phenoxy) is 1. The van der Waals surface area contributed by atoms with E-state index in [1.807, 2.05) is 36.4 Å². The van der Waals surface area contributed by atoms with Gasteiger partial charge in [0.2, 0.25) is 0 Å². The van der Waals surface area contributed by atoms with Crippen LogP contribution in [0.2, 0.25) is 0 Å². The zero-order valence-electron chi connectivity index (χ0n) is 18.2. The molecule has 0 unspecified atom stereocenters. The number of esters is 1. The number of rotatable bonds is 9. The number of unbranched alkanes of at least 4 members (excludes halogenated alkanes) is 2. The Balaban J connectivity index is 1.50. The molecule has 1 saturated carbocycles.